The number of ether oxygens (including phenoxy) is 1. The lowest BCUT2D eigenvalue weighted by Crippen LogP contribution is -2.51. The number of nitrogens with zero attached hydrogens (tertiary/aromatic N) is 2. The predicted octanol–water partition coefficient (Wildman–Crippen LogP) is 3.23. The number of carboxylic acid groups (broad SMARTS) is 1. The number of benzene rings is 1. The lowest BCUT2D eigenvalue weighted by atomic mass is 9.99. The van der Waals surface area contributed by atoms with Gasteiger partial charge in [-0.15, -0.1) is 0 Å². The van der Waals surface area contributed by atoms with Gasteiger partial charge in [-0.1, -0.05) is 18.2 Å². The Kier molecular flexibility index (Phi) is 5.29. The zero-order valence-electron chi connectivity index (χ0n) is 14.6. The number of carbonyl (C=O) groups is 1. The van der Waals surface area contributed by atoms with Gasteiger partial charge in [0, 0.05) is 31.7 Å². The summed E-state index contributed by atoms with van der Waals surface area (Å²) in [6.07, 6.45) is 3.41. The molecule has 1 N–H and O–H groups in total. The highest BCUT2D eigenvalue weighted by molar-refractivity contribution is 5.65. The van der Waals surface area contributed by atoms with E-state index in [1.807, 2.05) is 19.9 Å². The maximum Gasteiger partial charge on any atom is 0.407 e. The van der Waals surface area contributed by atoms with E-state index < -0.39 is 6.09 Å². The van der Waals surface area contributed by atoms with E-state index in [2.05, 4.69) is 23.1 Å². The number of fused-ring (bicyclic) bond motifs is 1. The van der Waals surface area contributed by atoms with Crippen molar-refractivity contribution in [3.8, 4) is 5.75 Å². The number of rotatable bonds is 4. The Morgan fingerprint density at radius 2 is 2.00 bits per heavy atom. The van der Waals surface area contributed by atoms with Gasteiger partial charge in [0.05, 0.1) is 0 Å². The fourth-order valence-electron chi connectivity index (χ4n) is 3.98. The minimum Gasteiger partial charge on any atom is -0.489 e. The van der Waals surface area contributed by atoms with Crippen LogP contribution in [0, 0.1) is 0 Å². The van der Waals surface area contributed by atoms with E-state index >= 15 is 0 Å². The van der Waals surface area contributed by atoms with Crippen LogP contribution >= 0.6 is 0 Å². The number of piperidine rings is 1. The molecule has 0 aromatic heterocycles. The standard InChI is InChI=1S/C19H28N2O3/c1-14(2)21(19(22)23)16-9-11-20(12-10-16)13-17-8-7-15-5-3-4-6-18(15)24-17/h3-6,14,16-17H,7-13H2,1-2H3,(H,22,23). The Morgan fingerprint density at radius 1 is 1.29 bits per heavy atom. The zero-order chi connectivity index (χ0) is 17.1. The van der Waals surface area contributed by atoms with Crippen molar-refractivity contribution in [2.75, 3.05) is 19.6 Å². The summed E-state index contributed by atoms with van der Waals surface area (Å²) < 4.78 is 6.14. The molecule has 1 aromatic rings. The normalized spacial score (nSPS) is 22.0. The van der Waals surface area contributed by atoms with Crippen molar-refractivity contribution < 1.29 is 14.6 Å². The molecule has 1 saturated heterocycles. The largest absolute Gasteiger partial charge is 0.489 e. The van der Waals surface area contributed by atoms with Crippen molar-refractivity contribution in [1.29, 1.82) is 0 Å². The van der Waals surface area contributed by atoms with Gasteiger partial charge in [-0.2, -0.15) is 0 Å². The summed E-state index contributed by atoms with van der Waals surface area (Å²) in [4.78, 5) is 15.5. The van der Waals surface area contributed by atoms with Crippen molar-refractivity contribution >= 4 is 6.09 Å². The number of amides is 1. The Balaban J connectivity index is 1.50. The maximum absolute atomic E-state index is 11.4. The summed E-state index contributed by atoms with van der Waals surface area (Å²) in [7, 11) is 0. The Labute approximate surface area is 144 Å². The van der Waals surface area contributed by atoms with E-state index in [4.69, 9.17) is 4.74 Å². The first-order chi connectivity index (χ1) is 11.5. The fourth-order valence-corrected chi connectivity index (χ4v) is 3.98. The van der Waals surface area contributed by atoms with Crippen LogP contribution in [-0.4, -0.2) is 58.8 Å². The molecule has 2 aliphatic rings. The van der Waals surface area contributed by atoms with E-state index in [0.717, 1.165) is 51.1 Å². The number of hydrogen-bond acceptors (Lipinski definition) is 3. The lowest BCUT2D eigenvalue weighted by molar-refractivity contribution is 0.0556. The van der Waals surface area contributed by atoms with Crippen molar-refractivity contribution in [3.63, 3.8) is 0 Å². The first-order valence-corrected chi connectivity index (χ1v) is 9.02. The van der Waals surface area contributed by atoms with Crippen LogP contribution in [0.25, 0.3) is 0 Å². The quantitative estimate of drug-likeness (QED) is 0.920. The smallest absolute Gasteiger partial charge is 0.407 e. The molecule has 0 spiro atoms. The molecule has 0 saturated carbocycles. The van der Waals surface area contributed by atoms with Crippen LogP contribution in [-0.2, 0) is 6.42 Å². The van der Waals surface area contributed by atoms with E-state index in [9.17, 15) is 9.90 Å². The van der Waals surface area contributed by atoms with Gasteiger partial charge < -0.3 is 14.7 Å². The molecule has 1 unspecified atom stereocenters. The van der Waals surface area contributed by atoms with E-state index in [1.165, 1.54) is 5.56 Å². The minimum absolute atomic E-state index is 0.0391. The summed E-state index contributed by atoms with van der Waals surface area (Å²) in [5, 5.41) is 9.41. The first kappa shape index (κ1) is 17.1. The van der Waals surface area contributed by atoms with Gasteiger partial charge in [0.2, 0.25) is 0 Å². The molecular weight excluding hydrogens is 304 g/mol. The summed E-state index contributed by atoms with van der Waals surface area (Å²) >= 11 is 0. The number of hydrogen-bond donors (Lipinski definition) is 1. The van der Waals surface area contributed by atoms with Gasteiger partial charge in [0.1, 0.15) is 11.9 Å². The summed E-state index contributed by atoms with van der Waals surface area (Å²) in [6, 6.07) is 8.48. The molecule has 0 bridgehead atoms. The molecule has 5 heteroatoms. The van der Waals surface area contributed by atoms with Crippen LogP contribution in [0.4, 0.5) is 4.79 Å². The van der Waals surface area contributed by atoms with Gasteiger partial charge in [-0.25, -0.2) is 4.79 Å². The molecule has 3 rings (SSSR count). The van der Waals surface area contributed by atoms with Crippen LogP contribution in [0.15, 0.2) is 24.3 Å². The SMILES string of the molecule is CC(C)N(C(=O)O)C1CCN(CC2CCc3ccccc3O2)CC1. The molecule has 132 valence electrons. The van der Waals surface area contributed by atoms with Gasteiger partial charge in [-0.05, 0) is 51.2 Å². The zero-order valence-corrected chi connectivity index (χ0v) is 14.6. The average Bonchev–Trinajstić information content (AvgIpc) is 2.56. The molecule has 5 nitrogen and oxygen atoms in total. The fraction of sp³-hybridized carbons (Fsp3) is 0.632. The molecule has 1 amide bonds. The Hall–Kier alpha value is -1.75. The maximum atomic E-state index is 11.4. The van der Waals surface area contributed by atoms with Crippen LogP contribution in [0.3, 0.4) is 0 Å². The van der Waals surface area contributed by atoms with Crippen LogP contribution in [0.1, 0.15) is 38.7 Å². The molecule has 1 aromatic carbocycles. The van der Waals surface area contributed by atoms with Crippen molar-refractivity contribution in [3.05, 3.63) is 29.8 Å². The topological polar surface area (TPSA) is 53.0 Å². The highest BCUT2D eigenvalue weighted by Gasteiger charge is 2.31. The third kappa shape index (κ3) is 3.83. The van der Waals surface area contributed by atoms with E-state index in [1.54, 1.807) is 4.90 Å². The molecule has 2 heterocycles. The second-order valence-electron chi connectivity index (χ2n) is 7.20. The molecule has 1 fully saturated rings. The molecule has 2 aliphatic heterocycles. The monoisotopic (exact) mass is 332 g/mol. The van der Waals surface area contributed by atoms with Gasteiger partial charge >= 0.3 is 6.09 Å². The summed E-state index contributed by atoms with van der Waals surface area (Å²) in [5.74, 6) is 1.03. The minimum atomic E-state index is -0.796. The number of likely N-dealkylation sites (tertiary alicyclic amines) is 1. The summed E-state index contributed by atoms with van der Waals surface area (Å²) in [5.41, 5.74) is 1.31. The van der Waals surface area contributed by atoms with Crippen LogP contribution in [0.2, 0.25) is 0 Å². The second kappa shape index (κ2) is 7.43. The molecule has 1 atom stereocenters. The predicted molar refractivity (Wildman–Crippen MR) is 93.6 cm³/mol. The lowest BCUT2D eigenvalue weighted by Gasteiger charge is -2.40. The van der Waals surface area contributed by atoms with Gasteiger partial charge in [0.25, 0.3) is 0 Å². The molecule has 24 heavy (non-hydrogen) atoms. The molecule has 0 radical (unpaired) electrons. The van der Waals surface area contributed by atoms with Gasteiger partial charge in [0.15, 0.2) is 0 Å². The second-order valence-corrected chi connectivity index (χ2v) is 7.20. The van der Waals surface area contributed by atoms with Crippen LogP contribution in [0.5, 0.6) is 5.75 Å². The summed E-state index contributed by atoms with van der Waals surface area (Å²) in [6.45, 7) is 6.74. The number of aryl methyl sites for hydroxylation is 1. The van der Waals surface area contributed by atoms with Crippen molar-refractivity contribution in [2.45, 2.75) is 57.7 Å². The molecular formula is C19H28N2O3. The highest BCUT2D eigenvalue weighted by Crippen LogP contribution is 2.28. The Bertz CT molecular complexity index is 567. The van der Waals surface area contributed by atoms with E-state index in [0.29, 0.717) is 0 Å². The third-order valence-electron chi connectivity index (χ3n) is 5.19. The Morgan fingerprint density at radius 3 is 2.67 bits per heavy atom. The average molecular weight is 332 g/mol. The van der Waals surface area contributed by atoms with Gasteiger partial charge in [-0.3, -0.25) is 4.90 Å². The van der Waals surface area contributed by atoms with E-state index in [-0.39, 0.29) is 18.2 Å². The highest BCUT2D eigenvalue weighted by atomic mass is 16.5. The van der Waals surface area contributed by atoms with Crippen molar-refractivity contribution in [2.24, 2.45) is 0 Å². The third-order valence-corrected chi connectivity index (χ3v) is 5.19. The van der Waals surface area contributed by atoms with Crippen molar-refractivity contribution in [1.82, 2.24) is 9.80 Å². The number of para-hydroxylation sites is 1. The first-order valence-electron chi connectivity index (χ1n) is 9.02. The molecule has 0 aliphatic carbocycles. The van der Waals surface area contributed by atoms with Crippen LogP contribution < -0.4 is 4.74 Å².